The molecule has 2 aromatic carbocycles. The van der Waals surface area contributed by atoms with E-state index in [0.717, 1.165) is 16.7 Å². The fourth-order valence-corrected chi connectivity index (χ4v) is 2.17. The van der Waals surface area contributed by atoms with Gasteiger partial charge in [-0.15, -0.1) is 0 Å². The maximum absolute atomic E-state index is 10.0. The number of hydrogen-bond donors (Lipinski definition) is 2. The summed E-state index contributed by atoms with van der Waals surface area (Å²) in [5.74, 6) is 1.01. The van der Waals surface area contributed by atoms with E-state index in [9.17, 15) is 5.11 Å². The Kier molecular flexibility index (Phi) is 4.05. The first-order valence-electron chi connectivity index (χ1n) is 7.07. The van der Waals surface area contributed by atoms with Crippen molar-refractivity contribution in [1.82, 2.24) is 9.97 Å². The molecule has 2 N–H and O–H groups in total. The van der Waals surface area contributed by atoms with Crippen LogP contribution >= 0.6 is 0 Å². The van der Waals surface area contributed by atoms with Crippen molar-refractivity contribution < 1.29 is 9.84 Å². The third-order valence-corrected chi connectivity index (χ3v) is 3.37. The fraction of sp³-hybridized carbons (Fsp3) is 0.118. The van der Waals surface area contributed by atoms with Gasteiger partial charge in [0, 0.05) is 5.56 Å². The zero-order valence-corrected chi connectivity index (χ0v) is 12.8. The number of aryl methyl sites for hydroxylation is 1. The number of benzene rings is 2. The first-order valence-corrected chi connectivity index (χ1v) is 7.07. The topological polar surface area (TPSA) is 79.6 Å². The molecule has 0 amide bonds. The van der Waals surface area contributed by atoms with Crippen LogP contribution in [-0.2, 0) is 0 Å². The van der Waals surface area contributed by atoms with Gasteiger partial charge in [0.2, 0.25) is 0 Å². The molecule has 0 aliphatic rings. The van der Waals surface area contributed by atoms with E-state index in [1.165, 1.54) is 13.3 Å². The number of fused-ring (bicyclic) bond motifs is 1. The maximum Gasteiger partial charge on any atom is 0.168 e. The Labute approximate surface area is 133 Å². The number of phenols is 1. The van der Waals surface area contributed by atoms with Crippen LogP contribution in [0.1, 0.15) is 11.3 Å². The molecule has 0 aliphatic carbocycles. The van der Waals surface area contributed by atoms with Crippen LogP contribution in [0.2, 0.25) is 0 Å². The number of methoxy groups -OCH3 is 1. The number of rotatable bonds is 4. The van der Waals surface area contributed by atoms with Gasteiger partial charge < -0.3 is 9.84 Å². The normalized spacial score (nSPS) is 11.0. The van der Waals surface area contributed by atoms with Gasteiger partial charge in [-0.2, -0.15) is 5.10 Å². The van der Waals surface area contributed by atoms with E-state index in [1.54, 1.807) is 18.2 Å². The number of nitrogens with zero attached hydrogens (tertiary/aromatic N) is 3. The Bertz CT molecular complexity index is 878. The van der Waals surface area contributed by atoms with Gasteiger partial charge in [-0.1, -0.05) is 18.2 Å². The predicted octanol–water partition coefficient (Wildman–Crippen LogP) is 3.10. The molecule has 3 aromatic rings. The van der Waals surface area contributed by atoms with Crippen LogP contribution in [0.15, 0.2) is 47.6 Å². The zero-order valence-electron chi connectivity index (χ0n) is 12.8. The SMILES string of the molecule is COc1cccc(/C=N/Nc2nc3ccccc3nc2C)c1O. The van der Waals surface area contributed by atoms with Gasteiger partial charge in [0.25, 0.3) is 0 Å². The Balaban J connectivity index is 1.84. The fourth-order valence-electron chi connectivity index (χ4n) is 2.17. The predicted molar refractivity (Wildman–Crippen MR) is 90.2 cm³/mol. The van der Waals surface area contributed by atoms with Crippen LogP contribution in [0.25, 0.3) is 11.0 Å². The highest BCUT2D eigenvalue weighted by molar-refractivity contribution is 5.85. The third kappa shape index (κ3) is 3.06. The van der Waals surface area contributed by atoms with Crippen molar-refractivity contribution in [3.63, 3.8) is 0 Å². The number of phenolic OH excluding ortho intramolecular Hbond substituents is 1. The number of para-hydroxylation sites is 3. The van der Waals surface area contributed by atoms with Crippen LogP contribution in [-0.4, -0.2) is 28.4 Å². The summed E-state index contributed by atoms with van der Waals surface area (Å²) in [6.45, 7) is 1.86. The lowest BCUT2D eigenvalue weighted by atomic mass is 10.2. The first kappa shape index (κ1) is 14.8. The third-order valence-electron chi connectivity index (χ3n) is 3.37. The smallest absolute Gasteiger partial charge is 0.168 e. The number of hydrazone groups is 1. The Morgan fingerprint density at radius 3 is 2.57 bits per heavy atom. The monoisotopic (exact) mass is 308 g/mol. The zero-order chi connectivity index (χ0) is 16.2. The first-order chi connectivity index (χ1) is 11.2. The molecule has 1 aromatic heterocycles. The summed E-state index contributed by atoms with van der Waals surface area (Å²) in [4.78, 5) is 8.97. The van der Waals surface area contributed by atoms with E-state index in [2.05, 4.69) is 20.5 Å². The molecule has 23 heavy (non-hydrogen) atoms. The lowest BCUT2D eigenvalue weighted by molar-refractivity contribution is 0.373. The molecule has 6 heteroatoms. The van der Waals surface area contributed by atoms with Crippen molar-refractivity contribution in [1.29, 1.82) is 0 Å². The molecule has 0 spiro atoms. The quantitative estimate of drug-likeness (QED) is 0.572. The molecule has 0 saturated heterocycles. The Morgan fingerprint density at radius 2 is 1.83 bits per heavy atom. The van der Waals surface area contributed by atoms with Crippen molar-refractivity contribution in [3.05, 3.63) is 53.7 Å². The molecule has 3 rings (SSSR count). The second kappa shape index (κ2) is 6.31. The van der Waals surface area contributed by atoms with E-state index in [4.69, 9.17) is 4.74 Å². The highest BCUT2D eigenvalue weighted by Crippen LogP contribution is 2.28. The van der Waals surface area contributed by atoms with E-state index in [-0.39, 0.29) is 5.75 Å². The number of anilines is 1. The summed E-state index contributed by atoms with van der Waals surface area (Å²) in [6, 6.07) is 12.8. The van der Waals surface area contributed by atoms with Crippen molar-refractivity contribution in [2.75, 3.05) is 12.5 Å². The van der Waals surface area contributed by atoms with Gasteiger partial charge in [0.1, 0.15) is 0 Å². The average molecular weight is 308 g/mol. The summed E-state index contributed by atoms with van der Waals surface area (Å²) in [7, 11) is 1.50. The summed E-state index contributed by atoms with van der Waals surface area (Å²) in [6.07, 6.45) is 1.51. The number of aromatic nitrogens is 2. The molecule has 0 bridgehead atoms. The van der Waals surface area contributed by atoms with Crippen molar-refractivity contribution in [3.8, 4) is 11.5 Å². The molecule has 0 atom stereocenters. The maximum atomic E-state index is 10.0. The summed E-state index contributed by atoms with van der Waals surface area (Å²) in [5, 5.41) is 14.1. The summed E-state index contributed by atoms with van der Waals surface area (Å²) in [5.41, 5.74) is 5.78. The molecule has 6 nitrogen and oxygen atoms in total. The molecule has 0 saturated carbocycles. The number of nitrogens with one attached hydrogen (secondary N) is 1. The standard InChI is InChI=1S/C17H16N4O2/c1-11-17(20-14-8-4-3-7-13(14)19-11)21-18-10-12-6-5-9-15(23-2)16(12)22/h3-10,22H,1-2H3,(H,20,21)/b18-10+. The number of ether oxygens (including phenoxy) is 1. The van der Waals surface area contributed by atoms with E-state index in [0.29, 0.717) is 17.1 Å². The Hall–Kier alpha value is -3.15. The van der Waals surface area contributed by atoms with E-state index < -0.39 is 0 Å². The minimum atomic E-state index is 0.0434. The van der Waals surface area contributed by atoms with Gasteiger partial charge in [-0.3, -0.25) is 5.43 Å². The van der Waals surface area contributed by atoms with Crippen molar-refractivity contribution in [2.24, 2.45) is 5.10 Å². The minimum absolute atomic E-state index is 0.0434. The highest BCUT2D eigenvalue weighted by Gasteiger charge is 2.06. The van der Waals surface area contributed by atoms with Gasteiger partial charge in [0.05, 0.1) is 30.1 Å². The lowest BCUT2D eigenvalue weighted by Crippen LogP contribution is -1.99. The summed E-state index contributed by atoms with van der Waals surface area (Å²) < 4.78 is 5.06. The summed E-state index contributed by atoms with van der Waals surface area (Å²) >= 11 is 0. The molecular formula is C17H16N4O2. The molecule has 1 heterocycles. The Morgan fingerprint density at radius 1 is 1.09 bits per heavy atom. The van der Waals surface area contributed by atoms with Crippen molar-refractivity contribution >= 4 is 23.1 Å². The van der Waals surface area contributed by atoms with Crippen molar-refractivity contribution in [2.45, 2.75) is 6.92 Å². The second-order valence-electron chi connectivity index (χ2n) is 4.91. The van der Waals surface area contributed by atoms with Gasteiger partial charge in [0.15, 0.2) is 17.3 Å². The van der Waals surface area contributed by atoms with Crippen LogP contribution in [0.5, 0.6) is 11.5 Å². The van der Waals surface area contributed by atoms with Gasteiger partial charge >= 0.3 is 0 Å². The van der Waals surface area contributed by atoms with Crippen LogP contribution in [0.3, 0.4) is 0 Å². The van der Waals surface area contributed by atoms with E-state index in [1.807, 2.05) is 31.2 Å². The van der Waals surface area contributed by atoms with Gasteiger partial charge in [-0.25, -0.2) is 9.97 Å². The van der Waals surface area contributed by atoms with Crippen LogP contribution in [0.4, 0.5) is 5.82 Å². The van der Waals surface area contributed by atoms with Crippen LogP contribution in [0, 0.1) is 6.92 Å². The van der Waals surface area contributed by atoms with Crippen LogP contribution < -0.4 is 10.2 Å². The molecular weight excluding hydrogens is 292 g/mol. The molecule has 0 unspecified atom stereocenters. The van der Waals surface area contributed by atoms with E-state index >= 15 is 0 Å². The lowest BCUT2D eigenvalue weighted by Gasteiger charge is -2.06. The molecule has 0 fully saturated rings. The molecule has 0 aliphatic heterocycles. The van der Waals surface area contributed by atoms with Gasteiger partial charge in [-0.05, 0) is 31.2 Å². The average Bonchev–Trinajstić information content (AvgIpc) is 2.57. The molecule has 0 radical (unpaired) electrons. The number of aromatic hydroxyl groups is 1. The molecule has 116 valence electrons. The minimum Gasteiger partial charge on any atom is -0.504 e. The largest absolute Gasteiger partial charge is 0.504 e. The number of hydrogen-bond acceptors (Lipinski definition) is 6. The second-order valence-corrected chi connectivity index (χ2v) is 4.91. The highest BCUT2D eigenvalue weighted by atomic mass is 16.5.